The fourth-order valence-corrected chi connectivity index (χ4v) is 3.55. The number of methoxy groups -OCH3 is 1. The number of hydrogen-bond donors (Lipinski definition) is 1. The van der Waals surface area contributed by atoms with E-state index in [4.69, 9.17) is 9.47 Å². The average Bonchev–Trinajstić information content (AvgIpc) is 2.92. The maximum Gasteiger partial charge on any atom is 0.0900 e. The second kappa shape index (κ2) is 8.32. The number of rotatable bonds is 7. The number of hydrogen-bond acceptors (Lipinski definition) is 4. The van der Waals surface area contributed by atoms with Crippen molar-refractivity contribution >= 4 is 0 Å². The molecule has 0 spiro atoms. The molecular weight excluding hydrogens is 254 g/mol. The van der Waals surface area contributed by atoms with Crippen molar-refractivity contribution < 1.29 is 14.6 Å². The van der Waals surface area contributed by atoms with Crippen molar-refractivity contribution in [3.63, 3.8) is 0 Å². The molecule has 1 saturated carbocycles. The van der Waals surface area contributed by atoms with Gasteiger partial charge in [0.15, 0.2) is 0 Å². The number of ether oxygens (including phenoxy) is 2. The van der Waals surface area contributed by atoms with Crippen LogP contribution in [0, 0.1) is 5.92 Å². The van der Waals surface area contributed by atoms with Gasteiger partial charge < -0.3 is 14.6 Å². The third kappa shape index (κ3) is 4.99. The fourth-order valence-electron chi connectivity index (χ4n) is 3.55. The third-order valence-electron chi connectivity index (χ3n) is 4.77. The maximum atomic E-state index is 10.1. The Labute approximate surface area is 123 Å². The van der Waals surface area contributed by atoms with Crippen molar-refractivity contribution in [1.82, 2.24) is 4.90 Å². The van der Waals surface area contributed by atoms with Crippen LogP contribution in [0.5, 0.6) is 0 Å². The molecule has 4 nitrogen and oxygen atoms in total. The molecule has 2 fully saturated rings. The standard InChI is InChI=1S/C16H31NO3/c1-13-5-7-14(8-6-13)17(10-15(18)12-19-2)11-16-4-3-9-20-16/h13-16,18H,3-12H2,1-2H3/t13?,14?,15-,16-/m1/s1. The summed E-state index contributed by atoms with van der Waals surface area (Å²) < 4.78 is 10.9. The van der Waals surface area contributed by atoms with Gasteiger partial charge in [-0.2, -0.15) is 0 Å². The minimum absolute atomic E-state index is 0.365. The smallest absolute Gasteiger partial charge is 0.0900 e. The molecule has 1 saturated heterocycles. The lowest BCUT2D eigenvalue weighted by atomic mass is 9.86. The van der Waals surface area contributed by atoms with Crippen LogP contribution >= 0.6 is 0 Å². The number of nitrogens with zero attached hydrogens (tertiary/aromatic N) is 1. The van der Waals surface area contributed by atoms with E-state index < -0.39 is 0 Å². The predicted molar refractivity (Wildman–Crippen MR) is 79.8 cm³/mol. The second-order valence-electron chi connectivity index (χ2n) is 6.61. The Hall–Kier alpha value is -0.160. The molecule has 20 heavy (non-hydrogen) atoms. The molecule has 118 valence electrons. The van der Waals surface area contributed by atoms with Gasteiger partial charge in [-0.1, -0.05) is 6.92 Å². The monoisotopic (exact) mass is 285 g/mol. The van der Waals surface area contributed by atoms with Crippen LogP contribution < -0.4 is 0 Å². The van der Waals surface area contributed by atoms with Crippen LogP contribution in [-0.2, 0) is 9.47 Å². The van der Waals surface area contributed by atoms with E-state index in [0.29, 0.717) is 25.3 Å². The molecule has 1 N–H and O–H groups in total. The first-order valence-corrected chi connectivity index (χ1v) is 8.21. The van der Waals surface area contributed by atoms with Crippen LogP contribution in [0.3, 0.4) is 0 Å². The first-order chi connectivity index (χ1) is 9.69. The van der Waals surface area contributed by atoms with Crippen molar-refractivity contribution in [2.45, 2.75) is 63.7 Å². The lowest BCUT2D eigenvalue weighted by Crippen LogP contribution is -2.46. The maximum absolute atomic E-state index is 10.1. The average molecular weight is 285 g/mol. The van der Waals surface area contributed by atoms with Crippen LogP contribution in [0.1, 0.15) is 45.4 Å². The highest BCUT2D eigenvalue weighted by Crippen LogP contribution is 2.28. The molecule has 0 amide bonds. The van der Waals surface area contributed by atoms with E-state index in [9.17, 15) is 5.11 Å². The summed E-state index contributed by atoms with van der Waals surface area (Å²) in [6.45, 7) is 5.36. The van der Waals surface area contributed by atoms with Gasteiger partial charge in [-0.15, -0.1) is 0 Å². The molecule has 0 aromatic rings. The van der Waals surface area contributed by atoms with Crippen LogP contribution in [0.2, 0.25) is 0 Å². The van der Waals surface area contributed by atoms with Gasteiger partial charge in [-0.05, 0) is 44.4 Å². The molecule has 2 aliphatic rings. The summed E-state index contributed by atoms with van der Waals surface area (Å²) in [5.74, 6) is 0.861. The van der Waals surface area contributed by atoms with E-state index in [2.05, 4.69) is 11.8 Å². The van der Waals surface area contributed by atoms with Crippen molar-refractivity contribution in [2.24, 2.45) is 5.92 Å². The summed E-state index contributed by atoms with van der Waals surface area (Å²) in [6, 6.07) is 0.613. The summed E-state index contributed by atoms with van der Waals surface area (Å²) in [7, 11) is 1.65. The van der Waals surface area contributed by atoms with Crippen LogP contribution in [0.15, 0.2) is 0 Å². The van der Waals surface area contributed by atoms with Gasteiger partial charge >= 0.3 is 0 Å². The van der Waals surface area contributed by atoms with Gasteiger partial charge in [0, 0.05) is 32.8 Å². The van der Waals surface area contributed by atoms with Gasteiger partial charge in [0.1, 0.15) is 0 Å². The van der Waals surface area contributed by atoms with Gasteiger partial charge in [0.2, 0.25) is 0 Å². The van der Waals surface area contributed by atoms with Crippen molar-refractivity contribution in [1.29, 1.82) is 0 Å². The molecule has 4 heteroatoms. The van der Waals surface area contributed by atoms with E-state index >= 15 is 0 Å². The summed E-state index contributed by atoms with van der Waals surface area (Å²) in [5, 5.41) is 10.1. The summed E-state index contributed by atoms with van der Waals surface area (Å²) in [6.07, 6.45) is 7.46. The predicted octanol–water partition coefficient (Wildman–Crippen LogP) is 2.05. The molecule has 0 radical (unpaired) electrons. The highest BCUT2D eigenvalue weighted by atomic mass is 16.5. The zero-order valence-corrected chi connectivity index (χ0v) is 13.1. The number of aliphatic hydroxyl groups is 1. The molecule has 2 rings (SSSR count). The van der Waals surface area contributed by atoms with Crippen LogP contribution in [0.25, 0.3) is 0 Å². The SMILES string of the molecule is COC[C@H](O)CN(C[C@H]1CCCO1)C1CCC(C)CC1. The summed E-state index contributed by atoms with van der Waals surface area (Å²) in [5.41, 5.74) is 0. The Kier molecular flexibility index (Phi) is 6.75. The van der Waals surface area contributed by atoms with Crippen molar-refractivity contribution in [3.8, 4) is 0 Å². The second-order valence-corrected chi connectivity index (χ2v) is 6.61. The molecule has 0 unspecified atom stereocenters. The van der Waals surface area contributed by atoms with E-state index in [1.54, 1.807) is 7.11 Å². The van der Waals surface area contributed by atoms with Gasteiger partial charge in [0.05, 0.1) is 18.8 Å². The Morgan fingerprint density at radius 1 is 1.25 bits per heavy atom. The molecular formula is C16H31NO3. The first-order valence-electron chi connectivity index (χ1n) is 8.21. The largest absolute Gasteiger partial charge is 0.389 e. The Bertz CT molecular complexity index is 260. The number of aliphatic hydroxyl groups excluding tert-OH is 1. The Morgan fingerprint density at radius 3 is 2.60 bits per heavy atom. The lowest BCUT2D eigenvalue weighted by molar-refractivity contribution is -0.00428. The topological polar surface area (TPSA) is 41.9 Å². The normalized spacial score (nSPS) is 32.7. The molecule has 2 atom stereocenters. The van der Waals surface area contributed by atoms with Crippen LogP contribution in [0.4, 0.5) is 0 Å². The van der Waals surface area contributed by atoms with E-state index in [0.717, 1.165) is 19.1 Å². The zero-order chi connectivity index (χ0) is 14.4. The van der Waals surface area contributed by atoms with Crippen molar-refractivity contribution in [2.75, 3.05) is 33.4 Å². The minimum Gasteiger partial charge on any atom is -0.389 e. The molecule has 0 aromatic carbocycles. The van der Waals surface area contributed by atoms with E-state index in [1.807, 2.05) is 0 Å². The molecule has 0 bridgehead atoms. The lowest BCUT2D eigenvalue weighted by Gasteiger charge is -2.38. The highest BCUT2D eigenvalue weighted by molar-refractivity contribution is 4.82. The molecule has 1 heterocycles. The summed E-state index contributed by atoms with van der Waals surface area (Å²) >= 11 is 0. The van der Waals surface area contributed by atoms with E-state index in [1.165, 1.54) is 38.5 Å². The Balaban J connectivity index is 1.87. The summed E-state index contributed by atoms with van der Waals surface area (Å²) in [4.78, 5) is 2.46. The van der Waals surface area contributed by atoms with Crippen LogP contribution in [-0.4, -0.2) is 61.7 Å². The third-order valence-corrected chi connectivity index (χ3v) is 4.77. The van der Waals surface area contributed by atoms with E-state index in [-0.39, 0.29) is 6.10 Å². The van der Waals surface area contributed by atoms with Crippen molar-refractivity contribution in [3.05, 3.63) is 0 Å². The highest BCUT2D eigenvalue weighted by Gasteiger charge is 2.28. The fraction of sp³-hybridized carbons (Fsp3) is 1.00. The minimum atomic E-state index is -0.388. The molecule has 1 aliphatic heterocycles. The molecule has 0 aromatic heterocycles. The van der Waals surface area contributed by atoms with Gasteiger partial charge in [0.25, 0.3) is 0 Å². The van der Waals surface area contributed by atoms with Gasteiger partial charge in [-0.3, -0.25) is 4.90 Å². The first kappa shape index (κ1) is 16.2. The quantitative estimate of drug-likeness (QED) is 0.777. The van der Waals surface area contributed by atoms with Gasteiger partial charge in [-0.25, -0.2) is 0 Å². The zero-order valence-electron chi connectivity index (χ0n) is 13.1. The molecule has 1 aliphatic carbocycles. The Morgan fingerprint density at radius 2 is 2.00 bits per heavy atom.